The first-order valence-corrected chi connectivity index (χ1v) is 10.5. The van der Waals surface area contributed by atoms with E-state index in [2.05, 4.69) is 11.0 Å². The van der Waals surface area contributed by atoms with E-state index in [9.17, 15) is 19.5 Å². The Labute approximate surface area is 169 Å². The third kappa shape index (κ3) is 4.67. The van der Waals surface area contributed by atoms with E-state index in [1.165, 1.54) is 11.8 Å². The van der Waals surface area contributed by atoms with E-state index in [0.29, 0.717) is 25.4 Å². The highest BCUT2D eigenvalue weighted by atomic mass is 32.2. The fourth-order valence-electron chi connectivity index (χ4n) is 3.64. The van der Waals surface area contributed by atoms with Crippen LogP contribution in [0.4, 0.5) is 5.69 Å². The molecule has 8 heteroatoms. The van der Waals surface area contributed by atoms with Gasteiger partial charge < -0.3 is 19.6 Å². The number of morpholine rings is 1. The van der Waals surface area contributed by atoms with Crippen molar-refractivity contribution in [2.24, 2.45) is 5.92 Å². The lowest BCUT2D eigenvalue weighted by Gasteiger charge is -2.37. The predicted molar refractivity (Wildman–Crippen MR) is 107 cm³/mol. The quantitative estimate of drug-likeness (QED) is 0.797. The number of rotatable bonds is 5. The van der Waals surface area contributed by atoms with Crippen LogP contribution >= 0.6 is 11.8 Å². The summed E-state index contributed by atoms with van der Waals surface area (Å²) < 4.78 is 5.40. The maximum absolute atomic E-state index is 12.9. The highest BCUT2D eigenvalue weighted by Gasteiger charge is 2.36. The lowest BCUT2D eigenvalue weighted by molar-refractivity contribution is -0.152. The lowest BCUT2D eigenvalue weighted by Crippen LogP contribution is -2.50. The molecule has 1 amide bonds. The molecule has 0 spiro atoms. The van der Waals surface area contributed by atoms with Crippen molar-refractivity contribution in [3.8, 4) is 0 Å². The summed E-state index contributed by atoms with van der Waals surface area (Å²) in [5.74, 6) is -1.27. The van der Waals surface area contributed by atoms with Gasteiger partial charge in [-0.25, -0.2) is 4.79 Å². The third-order valence-electron chi connectivity index (χ3n) is 5.22. The predicted octanol–water partition coefficient (Wildman–Crippen LogP) is 1.78. The fraction of sp³-hybridized carbons (Fsp3) is 0.550. The Bertz CT molecular complexity index is 763. The summed E-state index contributed by atoms with van der Waals surface area (Å²) in [5, 5.41) is 9.62. The molecule has 2 atom stereocenters. The van der Waals surface area contributed by atoms with Gasteiger partial charge in [0.25, 0.3) is 0 Å². The minimum Gasteiger partial charge on any atom is -0.480 e. The van der Waals surface area contributed by atoms with Gasteiger partial charge in [-0.1, -0.05) is 24.8 Å². The topological polar surface area (TPSA) is 87.2 Å². The van der Waals surface area contributed by atoms with E-state index >= 15 is 0 Å². The van der Waals surface area contributed by atoms with Crippen molar-refractivity contribution in [3.63, 3.8) is 0 Å². The summed E-state index contributed by atoms with van der Waals surface area (Å²) in [6.07, 6.45) is 0.298. The Morgan fingerprint density at radius 3 is 2.61 bits per heavy atom. The molecule has 2 aliphatic rings. The first kappa shape index (κ1) is 20.7. The molecular formula is C20H26N2O5S. The molecule has 7 nitrogen and oxygen atoms in total. The first-order chi connectivity index (χ1) is 13.4. The number of ether oxygens (including phenoxy) is 1. The van der Waals surface area contributed by atoms with Crippen molar-refractivity contribution < 1.29 is 24.2 Å². The summed E-state index contributed by atoms with van der Waals surface area (Å²) in [7, 11) is 0. The van der Waals surface area contributed by atoms with Gasteiger partial charge >= 0.3 is 5.97 Å². The SMILES string of the molecule is CC(=O)SCC(C)C(=O)N1Cc2cc(N3CCOCC3)ccc2CC1C(=O)O. The summed E-state index contributed by atoms with van der Waals surface area (Å²) in [6, 6.07) is 5.19. The van der Waals surface area contributed by atoms with E-state index in [0.717, 1.165) is 41.7 Å². The van der Waals surface area contributed by atoms with Gasteiger partial charge in [-0.3, -0.25) is 9.59 Å². The van der Waals surface area contributed by atoms with E-state index in [4.69, 9.17) is 4.74 Å². The van der Waals surface area contributed by atoms with Crippen LogP contribution in [0.15, 0.2) is 18.2 Å². The van der Waals surface area contributed by atoms with Crippen molar-refractivity contribution in [3.05, 3.63) is 29.3 Å². The van der Waals surface area contributed by atoms with Crippen molar-refractivity contribution in [1.82, 2.24) is 4.90 Å². The highest BCUT2D eigenvalue weighted by molar-refractivity contribution is 8.13. The van der Waals surface area contributed by atoms with Crippen molar-refractivity contribution in [1.29, 1.82) is 0 Å². The van der Waals surface area contributed by atoms with Gasteiger partial charge in [0.1, 0.15) is 6.04 Å². The van der Waals surface area contributed by atoms with Crippen LogP contribution in [0.1, 0.15) is 25.0 Å². The number of hydrogen-bond acceptors (Lipinski definition) is 6. The van der Waals surface area contributed by atoms with Crippen LogP contribution in [-0.2, 0) is 32.1 Å². The van der Waals surface area contributed by atoms with E-state index < -0.39 is 17.9 Å². The molecule has 3 rings (SSSR count). The molecule has 28 heavy (non-hydrogen) atoms. The zero-order chi connectivity index (χ0) is 20.3. The van der Waals surface area contributed by atoms with Crippen molar-refractivity contribution in [2.45, 2.75) is 32.9 Å². The van der Waals surface area contributed by atoms with E-state index in [1.54, 1.807) is 6.92 Å². The fourth-order valence-corrected chi connectivity index (χ4v) is 4.27. The van der Waals surface area contributed by atoms with Crippen LogP contribution in [-0.4, -0.2) is 65.1 Å². The maximum Gasteiger partial charge on any atom is 0.326 e. The molecule has 0 aliphatic carbocycles. The second-order valence-corrected chi connectivity index (χ2v) is 8.48. The summed E-state index contributed by atoms with van der Waals surface area (Å²) in [4.78, 5) is 39.6. The van der Waals surface area contributed by atoms with Crippen LogP contribution in [0.5, 0.6) is 0 Å². The molecule has 2 aliphatic heterocycles. The third-order valence-corrected chi connectivity index (χ3v) is 6.30. The second kappa shape index (κ2) is 8.96. The smallest absolute Gasteiger partial charge is 0.326 e. The largest absolute Gasteiger partial charge is 0.480 e. The van der Waals surface area contributed by atoms with Gasteiger partial charge in [0, 0.05) is 50.3 Å². The van der Waals surface area contributed by atoms with Gasteiger partial charge in [0.05, 0.1) is 13.2 Å². The van der Waals surface area contributed by atoms with Crippen LogP contribution in [0.2, 0.25) is 0 Å². The Morgan fingerprint density at radius 2 is 1.96 bits per heavy atom. The molecule has 0 saturated carbocycles. The summed E-state index contributed by atoms with van der Waals surface area (Å²) >= 11 is 1.10. The number of hydrogen-bond donors (Lipinski definition) is 1. The highest BCUT2D eigenvalue weighted by Crippen LogP contribution is 2.29. The molecule has 2 heterocycles. The van der Waals surface area contributed by atoms with Gasteiger partial charge in [-0.05, 0) is 23.3 Å². The van der Waals surface area contributed by atoms with Crippen LogP contribution < -0.4 is 4.90 Å². The molecule has 1 fully saturated rings. The molecule has 1 saturated heterocycles. The molecule has 0 aromatic heterocycles. The van der Waals surface area contributed by atoms with Gasteiger partial charge in [-0.15, -0.1) is 0 Å². The molecule has 1 aromatic carbocycles. The average molecular weight is 407 g/mol. The minimum absolute atomic E-state index is 0.0476. The second-order valence-electron chi connectivity index (χ2n) is 7.28. The number of fused-ring (bicyclic) bond motifs is 1. The standard InChI is InChI=1S/C20H26N2O5S/c1-13(12-28-14(2)23)19(24)22-11-16-9-17(21-5-7-27-8-6-21)4-3-15(16)10-18(22)20(25)26/h3-4,9,13,18H,5-8,10-12H2,1-2H3,(H,25,26). The molecule has 0 bridgehead atoms. The number of thioether (sulfide) groups is 1. The number of benzene rings is 1. The van der Waals surface area contributed by atoms with Crippen LogP contribution in [0.3, 0.4) is 0 Å². The zero-order valence-corrected chi connectivity index (χ0v) is 17.0. The van der Waals surface area contributed by atoms with Crippen LogP contribution in [0, 0.1) is 5.92 Å². The molecule has 1 N–H and O–H groups in total. The molecular weight excluding hydrogens is 380 g/mol. The first-order valence-electron chi connectivity index (χ1n) is 9.48. The summed E-state index contributed by atoms with van der Waals surface area (Å²) in [5.41, 5.74) is 3.03. The summed E-state index contributed by atoms with van der Waals surface area (Å²) in [6.45, 7) is 6.50. The molecule has 0 radical (unpaired) electrons. The Kier molecular flexibility index (Phi) is 6.61. The van der Waals surface area contributed by atoms with E-state index in [1.807, 2.05) is 12.1 Å². The number of carbonyl (C=O) groups is 3. The van der Waals surface area contributed by atoms with Crippen LogP contribution in [0.25, 0.3) is 0 Å². The maximum atomic E-state index is 12.9. The van der Waals surface area contributed by atoms with Crippen molar-refractivity contribution >= 4 is 34.4 Å². The number of anilines is 1. The molecule has 1 aromatic rings. The monoisotopic (exact) mass is 406 g/mol. The number of nitrogens with zero attached hydrogens (tertiary/aromatic N) is 2. The number of aliphatic carboxylic acids is 1. The molecule has 152 valence electrons. The van der Waals surface area contributed by atoms with E-state index in [-0.39, 0.29) is 17.6 Å². The van der Waals surface area contributed by atoms with Gasteiger partial charge in [0.15, 0.2) is 5.12 Å². The normalized spacial score (nSPS) is 20.4. The zero-order valence-electron chi connectivity index (χ0n) is 16.2. The number of carboxylic acids is 1. The molecule has 2 unspecified atom stereocenters. The number of carbonyl (C=O) groups excluding carboxylic acids is 2. The minimum atomic E-state index is -0.998. The Hall–Kier alpha value is -2.06. The number of carboxylic acid groups (broad SMARTS) is 1. The van der Waals surface area contributed by atoms with Gasteiger partial charge in [0.2, 0.25) is 5.91 Å². The van der Waals surface area contributed by atoms with Gasteiger partial charge in [-0.2, -0.15) is 0 Å². The number of amides is 1. The lowest BCUT2D eigenvalue weighted by atomic mass is 9.92. The Morgan fingerprint density at radius 1 is 1.25 bits per heavy atom. The van der Waals surface area contributed by atoms with Crippen molar-refractivity contribution in [2.75, 3.05) is 37.0 Å². The average Bonchev–Trinajstić information content (AvgIpc) is 2.70. The Balaban J connectivity index is 1.81.